The zero-order valence-corrected chi connectivity index (χ0v) is 13.3. The highest BCUT2D eigenvalue weighted by atomic mass is 79.9. The molecule has 0 saturated carbocycles. The van der Waals surface area contributed by atoms with E-state index in [-0.39, 0.29) is 5.54 Å². The van der Waals surface area contributed by atoms with Crippen LogP contribution in [0.4, 0.5) is 0 Å². The second-order valence-corrected chi connectivity index (χ2v) is 6.55. The second-order valence-electron chi connectivity index (χ2n) is 5.70. The molecular formula is C15H19BrN2O. The Kier molecular flexibility index (Phi) is 4.11. The number of benzene rings is 1. The van der Waals surface area contributed by atoms with E-state index in [1.165, 1.54) is 12.0 Å². The van der Waals surface area contributed by atoms with Crippen LogP contribution in [0.5, 0.6) is 0 Å². The zero-order valence-electron chi connectivity index (χ0n) is 11.7. The highest BCUT2D eigenvalue weighted by Gasteiger charge is 2.15. The van der Waals surface area contributed by atoms with Crippen molar-refractivity contribution < 1.29 is 4.42 Å². The van der Waals surface area contributed by atoms with Crippen LogP contribution in [0.2, 0.25) is 0 Å². The molecule has 0 aliphatic carbocycles. The Balaban J connectivity index is 2.26. The highest BCUT2D eigenvalue weighted by molar-refractivity contribution is 9.10. The lowest BCUT2D eigenvalue weighted by molar-refractivity contribution is 0.421. The SMILES string of the molecule is Cc1ccc(-c2ocnc2CNC(C)(C)C)cc1Br. The summed E-state index contributed by atoms with van der Waals surface area (Å²) < 4.78 is 6.62. The van der Waals surface area contributed by atoms with Crippen molar-refractivity contribution in [1.29, 1.82) is 0 Å². The minimum absolute atomic E-state index is 0.0596. The minimum atomic E-state index is 0.0596. The van der Waals surface area contributed by atoms with Gasteiger partial charge in [0.2, 0.25) is 0 Å². The fourth-order valence-corrected chi connectivity index (χ4v) is 2.09. The van der Waals surface area contributed by atoms with E-state index in [0.29, 0.717) is 6.54 Å². The molecule has 0 bridgehead atoms. The normalized spacial score (nSPS) is 11.8. The van der Waals surface area contributed by atoms with Gasteiger partial charge in [-0.1, -0.05) is 28.1 Å². The third-order valence-corrected chi connectivity index (χ3v) is 3.72. The monoisotopic (exact) mass is 322 g/mol. The van der Waals surface area contributed by atoms with Crippen molar-refractivity contribution in [3.05, 3.63) is 40.3 Å². The summed E-state index contributed by atoms with van der Waals surface area (Å²) >= 11 is 3.55. The van der Waals surface area contributed by atoms with Crippen LogP contribution in [-0.2, 0) is 6.54 Å². The number of rotatable bonds is 3. The maximum Gasteiger partial charge on any atom is 0.181 e. The van der Waals surface area contributed by atoms with E-state index >= 15 is 0 Å². The van der Waals surface area contributed by atoms with Crippen molar-refractivity contribution in [2.75, 3.05) is 0 Å². The Hall–Kier alpha value is -1.13. The quantitative estimate of drug-likeness (QED) is 0.915. The summed E-state index contributed by atoms with van der Waals surface area (Å²) in [5.41, 5.74) is 3.24. The Labute approximate surface area is 122 Å². The van der Waals surface area contributed by atoms with Gasteiger partial charge >= 0.3 is 0 Å². The Morgan fingerprint density at radius 1 is 1.32 bits per heavy atom. The summed E-state index contributed by atoms with van der Waals surface area (Å²) in [6.07, 6.45) is 1.50. The number of hydrogen-bond donors (Lipinski definition) is 1. The molecule has 1 heterocycles. The van der Waals surface area contributed by atoms with Gasteiger partial charge < -0.3 is 9.73 Å². The van der Waals surface area contributed by atoms with E-state index in [2.05, 4.69) is 72.1 Å². The summed E-state index contributed by atoms with van der Waals surface area (Å²) in [6, 6.07) is 6.19. The van der Waals surface area contributed by atoms with E-state index < -0.39 is 0 Å². The van der Waals surface area contributed by atoms with Crippen LogP contribution in [0.15, 0.2) is 33.5 Å². The molecule has 19 heavy (non-hydrogen) atoms. The number of hydrogen-bond acceptors (Lipinski definition) is 3. The molecular weight excluding hydrogens is 304 g/mol. The van der Waals surface area contributed by atoms with Gasteiger partial charge in [-0.3, -0.25) is 0 Å². The first-order chi connectivity index (χ1) is 8.87. The Bertz CT molecular complexity index is 570. The van der Waals surface area contributed by atoms with E-state index in [0.717, 1.165) is 21.5 Å². The third-order valence-electron chi connectivity index (χ3n) is 2.86. The van der Waals surface area contributed by atoms with Crippen LogP contribution in [0, 0.1) is 6.92 Å². The average Bonchev–Trinajstić information content (AvgIpc) is 2.77. The first-order valence-electron chi connectivity index (χ1n) is 6.31. The molecule has 2 aromatic rings. The highest BCUT2D eigenvalue weighted by Crippen LogP contribution is 2.28. The fourth-order valence-electron chi connectivity index (χ4n) is 1.71. The molecule has 1 aromatic carbocycles. The Morgan fingerprint density at radius 3 is 2.68 bits per heavy atom. The molecule has 0 aliphatic heterocycles. The standard InChI is InChI=1S/C15H19BrN2O/c1-10-5-6-11(7-12(10)16)14-13(17-9-19-14)8-18-15(2,3)4/h5-7,9,18H,8H2,1-4H3. The average molecular weight is 323 g/mol. The summed E-state index contributed by atoms with van der Waals surface area (Å²) in [4.78, 5) is 4.30. The largest absolute Gasteiger partial charge is 0.443 e. The van der Waals surface area contributed by atoms with Crippen molar-refractivity contribution in [1.82, 2.24) is 10.3 Å². The molecule has 3 nitrogen and oxygen atoms in total. The van der Waals surface area contributed by atoms with Gasteiger partial charge in [-0.15, -0.1) is 0 Å². The van der Waals surface area contributed by atoms with Gasteiger partial charge in [-0.2, -0.15) is 0 Å². The Morgan fingerprint density at radius 2 is 2.05 bits per heavy atom. The predicted octanol–water partition coefficient (Wildman–Crippen LogP) is 4.30. The molecule has 0 radical (unpaired) electrons. The molecule has 0 fully saturated rings. The molecule has 1 N–H and O–H groups in total. The van der Waals surface area contributed by atoms with Crippen LogP contribution >= 0.6 is 15.9 Å². The third kappa shape index (κ3) is 3.67. The molecule has 1 aromatic heterocycles. The van der Waals surface area contributed by atoms with Crippen molar-refractivity contribution >= 4 is 15.9 Å². The summed E-state index contributed by atoms with van der Waals surface area (Å²) in [5, 5.41) is 3.43. The number of halogens is 1. The summed E-state index contributed by atoms with van der Waals surface area (Å²) in [6.45, 7) is 9.16. The van der Waals surface area contributed by atoms with E-state index in [9.17, 15) is 0 Å². The fraction of sp³-hybridized carbons (Fsp3) is 0.400. The van der Waals surface area contributed by atoms with Crippen LogP contribution < -0.4 is 5.32 Å². The van der Waals surface area contributed by atoms with Gasteiger partial charge in [-0.25, -0.2) is 4.98 Å². The lowest BCUT2D eigenvalue weighted by Crippen LogP contribution is -2.35. The predicted molar refractivity (Wildman–Crippen MR) is 81.0 cm³/mol. The molecule has 0 atom stereocenters. The molecule has 0 unspecified atom stereocenters. The van der Waals surface area contributed by atoms with Gasteiger partial charge in [-0.05, 0) is 39.3 Å². The number of aryl methyl sites for hydroxylation is 1. The van der Waals surface area contributed by atoms with Crippen molar-refractivity contribution in [3.8, 4) is 11.3 Å². The lowest BCUT2D eigenvalue weighted by atomic mass is 10.1. The van der Waals surface area contributed by atoms with E-state index in [1.54, 1.807) is 0 Å². The smallest absolute Gasteiger partial charge is 0.181 e. The van der Waals surface area contributed by atoms with E-state index in [1.807, 2.05) is 0 Å². The molecule has 4 heteroatoms. The number of aromatic nitrogens is 1. The molecule has 0 aliphatic rings. The van der Waals surface area contributed by atoms with Crippen molar-refractivity contribution in [2.24, 2.45) is 0 Å². The maximum absolute atomic E-state index is 5.54. The summed E-state index contributed by atoms with van der Waals surface area (Å²) in [7, 11) is 0. The number of nitrogens with zero attached hydrogens (tertiary/aromatic N) is 1. The van der Waals surface area contributed by atoms with Gasteiger partial charge in [0.25, 0.3) is 0 Å². The molecule has 2 rings (SSSR count). The molecule has 102 valence electrons. The van der Waals surface area contributed by atoms with E-state index in [4.69, 9.17) is 4.42 Å². The van der Waals surface area contributed by atoms with Gasteiger partial charge in [0.1, 0.15) is 5.69 Å². The van der Waals surface area contributed by atoms with Crippen LogP contribution in [0.25, 0.3) is 11.3 Å². The van der Waals surface area contributed by atoms with Crippen LogP contribution in [-0.4, -0.2) is 10.5 Å². The molecule has 0 saturated heterocycles. The van der Waals surface area contributed by atoms with Crippen molar-refractivity contribution in [2.45, 2.75) is 39.8 Å². The number of oxazole rings is 1. The van der Waals surface area contributed by atoms with Gasteiger partial charge in [0.05, 0.1) is 0 Å². The lowest BCUT2D eigenvalue weighted by Gasteiger charge is -2.19. The van der Waals surface area contributed by atoms with Crippen LogP contribution in [0.1, 0.15) is 32.0 Å². The van der Waals surface area contributed by atoms with Gasteiger partial charge in [0.15, 0.2) is 12.2 Å². The second kappa shape index (κ2) is 5.47. The number of nitrogens with one attached hydrogen (secondary N) is 1. The maximum atomic E-state index is 5.54. The van der Waals surface area contributed by atoms with Crippen LogP contribution in [0.3, 0.4) is 0 Å². The molecule has 0 amide bonds. The zero-order chi connectivity index (χ0) is 14.0. The van der Waals surface area contributed by atoms with Gasteiger partial charge in [0, 0.05) is 22.1 Å². The topological polar surface area (TPSA) is 38.1 Å². The summed E-state index contributed by atoms with van der Waals surface area (Å²) in [5.74, 6) is 0.831. The first kappa shape index (κ1) is 14.3. The first-order valence-corrected chi connectivity index (χ1v) is 7.10. The van der Waals surface area contributed by atoms with Crippen molar-refractivity contribution in [3.63, 3.8) is 0 Å². The minimum Gasteiger partial charge on any atom is -0.443 e. The molecule has 0 spiro atoms.